The highest BCUT2D eigenvalue weighted by molar-refractivity contribution is 6.30. The second-order valence-corrected chi connectivity index (χ2v) is 5.44. The Morgan fingerprint density at radius 2 is 1.86 bits per heavy atom. The van der Waals surface area contributed by atoms with Crippen LogP contribution in [0.3, 0.4) is 0 Å². The van der Waals surface area contributed by atoms with Gasteiger partial charge in [-0.3, -0.25) is 9.59 Å². The summed E-state index contributed by atoms with van der Waals surface area (Å²) in [6.45, 7) is 0.795. The van der Waals surface area contributed by atoms with E-state index in [0.717, 1.165) is 0 Å². The molecule has 0 spiro atoms. The minimum absolute atomic E-state index is 0.124. The zero-order chi connectivity index (χ0) is 15.3. The van der Waals surface area contributed by atoms with E-state index in [1.54, 1.807) is 24.3 Å². The summed E-state index contributed by atoms with van der Waals surface area (Å²) < 4.78 is 5.18. The van der Waals surface area contributed by atoms with Gasteiger partial charge in [-0.15, -0.1) is 0 Å². The Balaban J connectivity index is 1.80. The lowest BCUT2D eigenvalue weighted by Gasteiger charge is -2.31. The van der Waals surface area contributed by atoms with Crippen LogP contribution in [0.15, 0.2) is 24.3 Å². The summed E-state index contributed by atoms with van der Waals surface area (Å²) in [5.41, 5.74) is 5.69. The molecule has 1 aromatic carbocycles. The van der Waals surface area contributed by atoms with Gasteiger partial charge in [0.1, 0.15) is 0 Å². The lowest BCUT2D eigenvalue weighted by molar-refractivity contribution is -0.131. The van der Waals surface area contributed by atoms with Gasteiger partial charge in [0, 0.05) is 23.9 Å². The Morgan fingerprint density at radius 3 is 2.48 bits per heavy atom. The Morgan fingerprint density at radius 1 is 1.24 bits per heavy atom. The summed E-state index contributed by atoms with van der Waals surface area (Å²) >= 11 is 5.76. The molecule has 0 aromatic heterocycles. The molecule has 1 aliphatic heterocycles. The van der Waals surface area contributed by atoms with Crippen LogP contribution in [0, 0.1) is 0 Å². The fraction of sp³-hybridized carbons (Fsp3) is 0.429. The van der Waals surface area contributed by atoms with Gasteiger partial charge in [0.15, 0.2) is 0 Å². The minimum Gasteiger partial charge on any atom is -0.381 e. The second-order valence-electron chi connectivity index (χ2n) is 5.01. The molecular formula is C14H18ClN3O3. The van der Waals surface area contributed by atoms with Crippen molar-refractivity contribution in [1.82, 2.24) is 5.32 Å². The lowest BCUT2D eigenvalue weighted by atomic mass is 9.90. The first-order chi connectivity index (χ1) is 9.99. The smallest absolute Gasteiger partial charge is 0.243 e. The molecule has 6 nitrogen and oxygen atoms in total. The van der Waals surface area contributed by atoms with Crippen LogP contribution in [-0.2, 0) is 14.3 Å². The molecule has 2 rings (SSSR count). The molecule has 1 aliphatic rings. The quantitative estimate of drug-likeness (QED) is 0.770. The molecule has 114 valence electrons. The van der Waals surface area contributed by atoms with Crippen LogP contribution in [0.2, 0.25) is 5.02 Å². The van der Waals surface area contributed by atoms with E-state index in [1.807, 2.05) is 0 Å². The van der Waals surface area contributed by atoms with E-state index in [0.29, 0.717) is 36.8 Å². The minimum atomic E-state index is -0.946. The number of rotatable bonds is 4. The molecule has 7 heteroatoms. The number of ether oxygens (including phenoxy) is 1. The van der Waals surface area contributed by atoms with Gasteiger partial charge in [0.05, 0.1) is 12.1 Å². The molecule has 4 N–H and O–H groups in total. The highest BCUT2D eigenvalue weighted by Crippen LogP contribution is 2.17. The van der Waals surface area contributed by atoms with Crippen molar-refractivity contribution in [1.29, 1.82) is 0 Å². The van der Waals surface area contributed by atoms with Crippen molar-refractivity contribution in [2.75, 3.05) is 25.1 Å². The number of carbonyl (C=O) groups excluding carboxylic acids is 2. The van der Waals surface area contributed by atoms with E-state index < -0.39 is 5.54 Å². The predicted molar refractivity (Wildman–Crippen MR) is 80.1 cm³/mol. The standard InChI is InChI=1S/C14H18ClN3O3/c15-10-1-3-11(4-2-10)18-12(19)9-17-13(20)14(16)5-7-21-8-6-14/h1-4H,5-9,16H2,(H,17,20)(H,18,19). The molecule has 1 heterocycles. The number of carbonyl (C=O) groups is 2. The van der Waals surface area contributed by atoms with Crippen molar-refractivity contribution in [2.24, 2.45) is 5.73 Å². The number of anilines is 1. The molecule has 21 heavy (non-hydrogen) atoms. The number of halogens is 1. The summed E-state index contributed by atoms with van der Waals surface area (Å²) in [7, 11) is 0. The van der Waals surface area contributed by atoms with E-state index in [1.165, 1.54) is 0 Å². The third-order valence-electron chi connectivity index (χ3n) is 3.37. The first-order valence-electron chi connectivity index (χ1n) is 6.70. The third kappa shape index (κ3) is 4.42. The first kappa shape index (κ1) is 15.8. The van der Waals surface area contributed by atoms with Crippen LogP contribution >= 0.6 is 11.6 Å². The maximum absolute atomic E-state index is 12.0. The SMILES string of the molecule is NC1(C(=O)NCC(=O)Nc2ccc(Cl)cc2)CCOCC1. The molecule has 0 saturated carbocycles. The molecule has 1 aromatic rings. The van der Waals surface area contributed by atoms with Gasteiger partial charge < -0.3 is 21.1 Å². The molecule has 1 fully saturated rings. The molecule has 0 atom stereocenters. The normalized spacial score (nSPS) is 17.0. The number of nitrogens with one attached hydrogen (secondary N) is 2. The molecule has 0 aliphatic carbocycles. The molecule has 0 unspecified atom stereocenters. The average molecular weight is 312 g/mol. The number of benzene rings is 1. The molecule has 0 bridgehead atoms. The van der Waals surface area contributed by atoms with Gasteiger partial charge >= 0.3 is 0 Å². The average Bonchev–Trinajstić information content (AvgIpc) is 2.48. The van der Waals surface area contributed by atoms with Crippen molar-refractivity contribution in [3.05, 3.63) is 29.3 Å². The van der Waals surface area contributed by atoms with Gasteiger partial charge in [-0.2, -0.15) is 0 Å². The van der Waals surface area contributed by atoms with Gasteiger partial charge in [0.25, 0.3) is 0 Å². The van der Waals surface area contributed by atoms with Gasteiger partial charge in [-0.25, -0.2) is 0 Å². The van der Waals surface area contributed by atoms with E-state index in [2.05, 4.69) is 10.6 Å². The summed E-state index contributed by atoms with van der Waals surface area (Å²) in [5, 5.41) is 5.82. The van der Waals surface area contributed by atoms with Gasteiger partial charge in [-0.05, 0) is 37.1 Å². The highest BCUT2D eigenvalue weighted by Gasteiger charge is 2.35. The van der Waals surface area contributed by atoms with Crippen molar-refractivity contribution in [3.8, 4) is 0 Å². The highest BCUT2D eigenvalue weighted by atomic mass is 35.5. The summed E-state index contributed by atoms with van der Waals surface area (Å²) in [4.78, 5) is 23.8. The van der Waals surface area contributed by atoms with E-state index >= 15 is 0 Å². The molecule has 2 amide bonds. The fourth-order valence-corrected chi connectivity index (χ4v) is 2.16. The van der Waals surface area contributed by atoms with Crippen molar-refractivity contribution in [2.45, 2.75) is 18.4 Å². The fourth-order valence-electron chi connectivity index (χ4n) is 2.04. The summed E-state index contributed by atoms with van der Waals surface area (Å²) in [6.07, 6.45) is 0.912. The van der Waals surface area contributed by atoms with Crippen LogP contribution in [0.5, 0.6) is 0 Å². The van der Waals surface area contributed by atoms with Crippen LogP contribution in [0.25, 0.3) is 0 Å². The van der Waals surface area contributed by atoms with E-state index in [-0.39, 0.29) is 18.4 Å². The summed E-state index contributed by atoms with van der Waals surface area (Å²) in [6, 6.07) is 6.72. The monoisotopic (exact) mass is 311 g/mol. The number of nitrogens with two attached hydrogens (primary N) is 1. The topological polar surface area (TPSA) is 93.5 Å². The van der Waals surface area contributed by atoms with Crippen LogP contribution in [0.4, 0.5) is 5.69 Å². The maximum atomic E-state index is 12.0. The van der Waals surface area contributed by atoms with Gasteiger partial charge in [-0.1, -0.05) is 11.6 Å². The Kier molecular flexibility index (Phi) is 5.17. The van der Waals surface area contributed by atoms with Crippen molar-refractivity contribution < 1.29 is 14.3 Å². The van der Waals surface area contributed by atoms with Crippen molar-refractivity contribution in [3.63, 3.8) is 0 Å². The van der Waals surface area contributed by atoms with E-state index in [4.69, 9.17) is 22.1 Å². The van der Waals surface area contributed by atoms with Crippen molar-refractivity contribution >= 4 is 29.1 Å². The molecule has 0 radical (unpaired) electrons. The Labute approximate surface area is 128 Å². The largest absolute Gasteiger partial charge is 0.381 e. The second kappa shape index (κ2) is 6.89. The number of hydrogen-bond donors (Lipinski definition) is 3. The first-order valence-corrected chi connectivity index (χ1v) is 7.08. The maximum Gasteiger partial charge on any atom is 0.243 e. The Bertz CT molecular complexity index is 513. The Hall–Kier alpha value is -1.63. The lowest BCUT2D eigenvalue weighted by Crippen LogP contribution is -2.57. The van der Waals surface area contributed by atoms with E-state index in [9.17, 15) is 9.59 Å². The van der Waals surface area contributed by atoms with Crippen LogP contribution in [-0.4, -0.2) is 37.1 Å². The predicted octanol–water partition coefficient (Wildman–Crippen LogP) is 0.903. The zero-order valence-electron chi connectivity index (χ0n) is 11.5. The number of hydrogen-bond acceptors (Lipinski definition) is 4. The number of amides is 2. The third-order valence-corrected chi connectivity index (χ3v) is 3.63. The molecule has 1 saturated heterocycles. The summed E-state index contributed by atoms with van der Waals surface area (Å²) in [5.74, 6) is -0.640. The van der Waals surface area contributed by atoms with Crippen LogP contribution in [0.1, 0.15) is 12.8 Å². The zero-order valence-corrected chi connectivity index (χ0v) is 12.3. The van der Waals surface area contributed by atoms with Gasteiger partial charge in [0.2, 0.25) is 11.8 Å². The van der Waals surface area contributed by atoms with Crippen LogP contribution < -0.4 is 16.4 Å². The molecular weight excluding hydrogens is 294 g/mol.